The number of hydrogen-bond acceptors (Lipinski definition) is 7. The van der Waals surface area contributed by atoms with Crippen molar-refractivity contribution in [1.29, 1.82) is 0 Å². The SMILES string of the molecule is COc1ccc(CN2CCOC[C@@](O)(COc3ccc(F)cc3)C2)cc1OCCn1cc(C)cn1. The van der Waals surface area contributed by atoms with Gasteiger partial charge in [-0.3, -0.25) is 9.58 Å². The van der Waals surface area contributed by atoms with Gasteiger partial charge < -0.3 is 24.1 Å². The smallest absolute Gasteiger partial charge is 0.161 e. The van der Waals surface area contributed by atoms with Crippen molar-refractivity contribution in [2.75, 3.05) is 46.6 Å². The zero-order valence-electron chi connectivity index (χ0n) is 20.2. The van der Waals surface area contributed by atoms with Crippen LogP contribution in [0, 0.1) is 12.7 Å². The van der Waals surface area contributed by atoms with Crippen LogP contribution < -0.4 is 14.2 Å². The Hall–Kier alpha value is -3.14. The summed E-state index contributed by atoms with van der Waals surface area (Å²) in [6.07, 6.45) is 3.79. The van der Waals surface area contributed by atoms with Gasteiger partial charge in [0, 0.05) is 25.8 Å². The van der Waals surface area contributed by atoms with Crippen molar-refractivity contribution in [2.45, 2.75) is 25.6 Å². The highest BCUT2D eigenvalue weighted by Gasteiger charge is 2.33. The first kappa shape index (κ1) is 25.0. The minimum atomic E-state index is -1.20. The first-order valence-electron chi connectivity index (χ1n) is 11.6. The molecule has 1 aliphatic rings. The number of nitrogens with zero attached hydrogens (tertiary/aromatic N) is 3. The second kappa shape index (κ2) is 11.5. The van der Waals surface area contributed by atoms with Crippen LogP contribution in [0.25, 0.3) is 0 Å². The van der Waals surface area contributed by atoms with E-state index in [1.54, 1.807) is 19.2 Å². The number of ether oxygens (including phenoxy) is 4. The number of aliphatic hydroxyl groups is 1. The summed E-state index contributed by atoms with van der Waals surface area (Å²) in [5.41, 5.74) is 0.937. The van der Waals surface area contributed by atoms with E-state index in [1.165, 1.54) is 12.1 Å². The average Bonchev–Trinajstić information content (AvgIpc) is 3.17. The van der Waals surface area contributed by atoms with Crippen LogP contribution in [0.15, 0.2) is 54.9 Å². The number of halogens is 1. The first-order valence-corrected chi connectivity index (χ1v) is 11.6. The van der Waals surface area contributed by atoms with Gasteiger partial charge >= 0.3 is 0 Å². The largest absolute Gasteiger partial charge is 0.493 e. The molecule has 2 heterocycles. The van der Waals surface area contributed by atoms with Crippen LogP contribution in [-0.4, -0.2) is 72.0 Å². The molecule has 0 amide bonds. The van der Waals surface area contributed by atoms with Gasteiger partial charge in [0.1, 0.15) is 30.4 Å². The fourth-order valence-electron chi connectivity index (χ4n) is 4.00. The minimum Gasteiger partial charge on any atom is -0.493 e. The van der Waals surface area contributed by atoms with Gasteiger partial charge in [0.2, 0.25) is 0 Å². The maximum Gasteiger partial charge on any atom is 0.161 e. The summed E-state index contributed by atoms with van der Waals surface area (Å²) in [6.45, 7) is 5.43. The van der Waals surface area contributed by atoms with E-state index in [9.17, 15) is 9.50 Å². The Bertz CT molecular complexity index is 1090. The van der Waals surface area contributed by atoms with E-state index in [4.69, 9.17) is 18.9 Å². The molecule has 1 aliphatic heterocycles. The van der Waals surface area contributed by atoms with E-state index in [0.29, 0.717) is 56.6 Å². The van der Waals surface area contributed by atoms with Crippen LogP contribution >= 0.6 is 0 Å². The van der Waals surface area contributed by atoms with Gasteiger partial charge in [-0.1, -0.05) is 6.07 Å². The molecule has 0 bridgehead atoms. The molecule has 1 saturated heterocycles. The molecule has 35 heavy (non-hydrogen) atoms. The Morgan fingerprint density at radius 3 is 2.71 bits per heavy atom. The van der Waals surface area contributed by atoms with E-state index < -0.39 is 5.60 Å². The molecule has 1 atom stereocenters. The van der Waals surface area contributed by atoms with Crippen LogP contribution in [0.3, 0.4) is 0 Å². The van der Waals surface area contributed by atoms with Gasteiger partial charge in [-0.15, -0.1) is 0 Å². The van der Waals surface area contributed by atoms with Crippen LogP contribution in [0.4, 0.5) is 4.39 Å². The monoisotopic (exact) mass is 485 g/mol. The standard InChI is InChI=1S/C26H32FN3O5/c1-20-14-28-30(15-20)10-12-34-25-13-21(3-8-24(25)32-2)16-29-9-11-33-18-26(31,17-29)19-35-23-6-4-22(27)5-7-23/h3-8,13-15,31H,9-12,16-19H2,1-2H3/t26-/m1/s1. The molecule has 9 heteroatoms. The zero-order valence-corrected chi connectivity index (χ0v) is 20.2. The predicted octanol–water partition coefficient (Wildman–Crippen LogP) is 3.06. The number of hydrogen-bond donors (Lipinski definition) is 1. The number of methoxy groups -OCH3 is 1. The molecule has 0 unspecified atom stereocenters. The maximum atomic E-state index is 13.1. The average molecular weight is 486 g/mol. The summed E-state index contributed by atoms with van der Waals surface area (Å²) in [4.78, 5) is 2.12. The van der Waals surface area contributed by atoms with Crippen LogP contribution in [-0.2, 0) is 17.8 Å². The Balaban J connectivity index is 1.37. The zero-order chi connectivity index (χ0) is 24.7. The lowest BCUT2D eigenvalue weighted by atomic mass is 10.1. The molecule has 1 N–H and O–H groups in total. The van der Waals surface area contributed by atoms with E-state index in [1.807, 2.05) is 42.2 Å². The number of aromatic nitrogens is 2. The number of rotatable bonds is 10. The third-order valence-electron chi connectivity index (χ3n) is 5.74. The van der Waals surface area contributed by atoms with Gasteiger partial charge in [0.05, 0.1) is 33.1 Å². The molecule has 188 valence electrons. The minimum absolute atomic E-state index is 0.0407. The molecule has 0 spiro atoms. The Morgan fingerprint density at radius 1 is 1.14 bits per heavy atom. The lowest BCUT2D eigenvalue weighted by molar-refractivity contribution is -0.0646. The molecule has 0 aliphatic carbocycles. The highest BCUT2D eigenvalue weighted by atomic mass is 19.1. The van der Waals surface area contributed by atoms with Crippen molar-refractivity contribution in [1.82, 2.24) is 14.7 Å². The third kappa shape index (κ3) is 7.17. The molecular weight excluding hydrogens is 453 g/mol. The molecule has 2 aromatic carbocycles. The lowest BCUT2D eigenvalue weighted by Gasteiger charge is -2.30. The normalized spacial score (nSPS) is 18.7. The van der Waals surface area contributed by atoms with E-state index >= 15 is 0 Å². The van der Waals surface area contributed by atoms with Crippen molar-refractivity contribution in [3.63, 3.8) is 0 Å². The van der Waals surface area contributed by atoms with Crippen LogP contribution in [0.5, 0.6) is 17.2 Å². The van der Waals surface area contributed by atoms with Crippen molar-refractivity contribution in [3.8, 4) is 17.2 Å². The molecule has 1 fully saturated rings. The Morgan fingerprint density at radius 2 is 1.97 bits per heavy atom. The second-order valence-electron chi connectivity index (χ2n) is 8.84. The Labute approximate surface area is 204 Å². The first-order chi connectivity index (χ1) is 16.9. The number of benzene rings is 2. The molecule has 4 rings (SSSR count). The quantitative estimate of drug-likeness (QED) is 0.473. The Kier molecular flexibility index (Phi) is 8.22. The van der Waals surface area contributed by atoms with E-state index in [2.05, 4.69) is 10.00 Å². The molecular formula is C26H32FN3O5. The topological polar surface area (TPSA) is 78.2 Å². The summed E-state index contributed by atoms with van der Waals surface area (Å²) >= 11 is 0. The fourth-order valence-corrected chi connectivity index (χ4v) is 4.00. The summed E-state index contributed by atoms with van der Waals surface area (Å²) in [5.74, 6) is 1.49. The summed E-state index contributed by atoms with van der Waals surface area (Å²) < 4.78 is 37.8. The highest BCUT2D eigenvalue weighted by molar-refractivity contribution is 5.43. The van der Waals surface area contributed by atoms with Gasteiger partial charge in [0.15, 0.2) is 11.5 Å². The van der Waals surface area contributed by atoms with Crippen molar-refractivity contribution in [3.05, 3.63) is 71.8 Å². The number of aryl methyl sites for hydroxylation is 1. The molecule has 8 nitrogen and oxygen atoms in total. The number of β-amino-alcohol motifs (C(OH)–C–C–N with tert-alkyl or cyclic N) is 1. The van der Waals surface area contributed by atoms with Crippen molar-refractivity contribution < 1.29 is 28.4 Å². The molecule has 1 aromatic heterocycles. The van der Waals surface area contributed by atoms with Gasteiger partial charge in [0.25, 0.3) is 0 Å². The molecule has 3 aromatic rings. The molecule has 0 saturated carbocycles. The second-order valence-corrected chi connectivity index (χ2v) is 8.84. The van der Waals surface area contributed by atoms with E-state index in [0.717, 1.165) is 11.1 Å². The summed E-state index contributed by atoms with van der Waals surface area (Å²) in [6, 6.07) is 11.6. The fraction of sp³-hybridized carbons (Fsp3) is 0.423. The van der Waals surface area contributed by atoms with Crippen LogP contribution in [0.1, 0.15) is 11.1 Å². The summed E-state index contributed by atoms with van der Waals surface area (Å²) in [5, 5.41) is 15.4. The highest BCUT2D eigenvalue weighted by Crippen LogP contribution is 2.29. The maximum absolute atomic E-state index is 13.1. The lowest BCUT2D eigenvalue weighted by Crippen LogP contribution is -2.48. The summed E-state index contributed by atoms with van der Waals surface area (Å²) in [7, 11) is 1.62. The van der Waals surface area contributed by atoms with Crippen LogP contribution in [0.2, 0.25) is 0 Å². The van der Waals surface area contributed by atoms with Crippen molar-refractivity contribution >= 4 is 0 Å². The van der Waals surface area contributed by atoms with E-state index in [-0.39, 0.29) is 19.0 Å². The molecule has 0 radical (unpaired) electrons. The van der Waals surface area contributed by atoms with Crippen molar-refractivity contribution in [2.24, 2.45) is 0 Å². The van der Waals surface area contributed by atoms with Gasteiger partial charge in [-0.25, -0.2) is 4.39 Å². The predicted molar refractivity (Wildman–Crippen MR) is 128 cm³/mol. The van der Waals surface area contributed by atoms with Gasteiger partial charge in [-0.05, 0) is 54.4 Å². The van der Waals surface area contributed by atoms with Gasteiger partial charge in [-0.2, -0.15) is 5.10 Å². The third-order valence-corrected chi connectivity index (χ3v) is 5.74.